The number of hydrogen-bond acceptors (Lipinski definition) is 3. The van der Waals surface area contributed by atoms with Crippen LogP contribution in [0.25, 0.3) is 0 Å². The van der Waals surface area contributed by atoms with E-state index in [4.69, 9.17) is 10.5 Å². The first kappa shape index (κ1) is 21.5. The highest BCUT2D eigenvalue weighted by Crippen LogP contribution is 2.09. The van der Waals surface area contributed by atoms with Crippen LogP contribution in [-0.2, 0) is 9.53 Å². The van der Waals surface area contributed by atoms with Gasteiger partial charge in [0.1, 0.15) is 0 Å². The molecule has 0 bridgehead atoms. The van der Waals surface area contributed by atoms with E-state index in [1.807, 2.05) is 6.92 Å². The predicted octanol–water partition coefficient (Wildman–Crippen LogP) is 3.31. The van der Waals surface area contributed by atoms with Crippen molar-refractivity contribution in [3.05, 3.63) is 0 Å². The van der Waals surface area contributed by atoms with Gasteiger partial charge >= 0.3 is 5.97 Å². The van der Waals surface area contributed by atoms with E-state index in [1.165, 1.54) is 25.7 Å². The van der Waals surface area contributed by atoms with Gasteiger partial charge < -0.3 is 15.4 Å². The molecule has 1 fully saturated rings. The molecule has 0 aromatic heterocycles. The van der Waals surface area contributed by atoms with E-state index in [2.05, 4.69) is 9.89 Å². The second-order valence-electron chi connectivity index (χ2n) is 5.61. The zero-order valence-corrected chi connectivity index (χ0v) is 16.2. The second-order valence-corrected chi connectivity index (χ2v) is 5.61. The topological polar surface area (TPSA) is 67.9 Å². The highest BCUT2D eigenvalue weighted by molar-refractivity contribution is 14.0. The summed E-state index contributed by atoms with van der Waals surface area (Å²) in [4.78, 5) is 17.9. The van der Waals surface area contributed by atoms with Crippen molar-refractivity contribution < 1.29 is 9.53 Å². The summed E-state index contributed by atoms with van der Waals surface area (Å²) in [6.45, 7) is 5.21. The van der Waals surface area contributed by atoms with Crippen LogP contribution in [0.4, 0.5) is 0 Å². The fourth-order valence-electron chi connectivity index (χ4n) is 2.56. The van der Waals surface area contributed by atoms with E-state index in [0.717, 1.165) is 45.3 Å². The molecule has 0 unspecified atom stereocenters. The van der Waals surface area contributed by atoms with Gasteiger partial charge in [0.2, 0.25) is 0 Å². The van der Waals surface area contributed by atoms with Crippen molar-refractivity contribution in [2.24, 2.45) is 10.7 Å². The summed E-state index contributed by atoms with van der Waals surface area (Å²) in [5.74, 6) is 0.629. The van der Waals surface area contributed by atoms with Gasteiger partial charge in [-0.1, -0.05) is 25.7 Å². The Labute approximate surface area is 152 Å². The molecular formula is C16H32IN3O2. The molecule has 0 aromatic rings. The van der Waals surface area contributed by atoms with Gasteiger partial charge in [-0.2, -0.15) is 0 Å². The average molecular weight is 425 g/mol. The van der Waals surface area contributed by atoms with Crippen LogP contribution in [0, 0.1) is 0 Å². The molecule has 0 aliphatic carbocycles. The number of likely N-dealkylation sites (tertiary alicyclic amines) is 1. The summed E-state index contributed by atoms with van der Waals surface area (Å²) in [5.41, 5.74) is 6.05. The molecule has 130 valence electrons. The van der Waals surface area contributed by atoms with Crippen molar-refractivity contribution in [3.8, 4) is 0 Å². The third kappa shape index (κ3) is 10.2. The van der Waals surface area contributed by atoms with Gasteiger partial charge in [-0.3, -0.25) is 9.79 Å². The third-order valence-electron chi connectivity index (χ3n) is 3.80. The van der Waals surface area contributed by atoms with E-state index in [9.17, 15) is 4.79 Å². The molecule has 0 amide bonds. The van der Waals surface area contributed by atoms with Crippen LogP contribution in [0.3, 0.4) is 0 Å². The monoisotopic (exact) mass is 425 g/mol. The lowest BCUT2D eigenvalue weighted by molar-refractivity contribution is -0.143. The normalized spacial score (nSPS) is 15.9. The van der Waals surface area contributed by atoms with Crippen LogP contribution < -0.4 is 5.73 Å². The minimum absolute atomic E-state index is 0. The zero-order chi connectivity index (χ0) is 15.3. The number of guanidine groups is 1. The zero-order valence-electron chi connectivity index (χ0n) is 13.9. The van der Waals surface area contributed by atoms with E-state index in [0.29, 0.717) is 19.0 Å². The molecular weight excluding hydrogens is 393 g/mol. The number of ether oxygens (including phenoxy) is 1. The van der Waals surface area contributed by atoms with Crippen LogP contribution in [-0.4, -0.2) is 43.1 Å². The predicted molar refractivity (Wildman–Crippen MR) is 102 cm³/mol. The summed E-state index contributed by atoms with van der Waals surface area (Å²) in [6.07, 6.45) is 9.70. The van der Waals surface area contributed by atoms with E-state index >= 15 is 0 Å². The van der Waals surface area contributed by atoms with Gasteiger partial charge in [0.15, 0.2) is 5.96 Å². The molecule has 0 aromatic carbocycles. The number of hydrogen-bond donors (Lipinski definition) is 1. The number of rotatable bonds is 8. The Hall–Kier alpha value is -0.530. The first-order valence-electron chi connectivity index (χ1n) is 8.44. The number of esters is 1. The molecule has 0 radical (unpaired) electrons. The molecule has 0 spiro atoms. The number of nitrogens with two attached hydrogens (primary N) is 1. The van der Waals surface area contributed by atoms with Crippen molar-refractivity contribution >= 4 is 35.9 Å². The molecule has 5 nitrogen and oxygen atoms in total. The molecule has 0 atom stereocenters. The highest BCUT2D eigenvalue weighted by Gasteiger charge is 2.10. The molecule has 0 saturated carbocycles. The first-order chi connectivity index (χ1) is 10.2. The molecule has 6 heteroatoms. The minimum atomic E-state index is -0.0825. The fraction of sp³-hybridized carbons (Fsp3) is 0.875. The molecule has 1 saturated heterocycles. The lowest BCUT2D eigenvalue weighted by Crippen LogP contribution is -2.38. The van der Waals surface area contributed by atoms with E-state index < -0.39 is 0 Å². The van der Waals surface area contributed by atoms with Crippen molar-refractivity contribution in [1.29, 1.82) is 0 Å². The summed E-state index contributed by atoms with van der Waals surface area (Å²) in [7, 11) is 0. The molecule has 1 aliphatic heterocycles. The summed E-state index contributed by atoms with van der Waals surface area (Å²) in [6, 6.07) is 0. The number of aliphatic imine (C=N–C) groups is 1. The van der Waals surface area contributed by atoms with Gasteiger partial charge in [-0.15, -0.1) is 24.0 Å². The van der Waals surface area contributed by atoms with Gasteiger partial charge in [0.25, 0.3) is 0 Å². The second kappa shape index (κ2) is 14.1. The molecule has 1 rings (SSSR count). The number of nitrogens with zero attached hydrogens (tertiary/aromatic N) is 2. The first-order valence-corrected chi connectivity index (χ1v) is 8.44. The van der Waals surface area contributed by atoms with Gasteiger partial charge in [0, 0.05) is 26.1 Å². The fourth-order valence-corrected chi connectivity index (χ4v) is 2.56. The number of halogens is 1. The van der Waals surface area contributed by atoms with Gasteiger partial charge in [-0.05, 0) is 32.6 Å². The van der Waals surface area contributed by atoms with Gasteiger partial charge in [0.05, 0.1) is 6.61 Å². The van der Waals surface area contributed by atoms with Crippen molar-refractivity contribution in [1.82, 2.24) is 4.90 Å². The average Bonchev–Trinajstić information content (AvgIpc) is 2.75. The Morgan fingerprint density at radius 2 is 1.73 bits per heavy atom. The number of carbonyl (C=O) groups is 1. The lowest BCUT2D eigenvalue weighted by atomic mass is 10.1. The van der Waals surface area contributed by atoms with Crippen LogP contribution >= 0.6 is 24.0 Å². The lowest BCUT2D eigenvalue weighted by Gasteiger charge is -2.21. The minimum Gasteiger partial charge on any atom is -0.466 e. The maximum atomic E-state index is 11.2. The standard InChI is InChI=1S/C16H31N3O2.HI/c1-2-21-15(20)11-7-3-4-8-12-18-16(17)19-13-9-5-6-10-14-19;/h2-14H2,1H3,(H2,17,18);1H. The summed E-state index contributed by atoms with van der Waals surface area (Å²) >= 11 is 0. The van der Waals surface area contributed by atoms with E-state index in [-0.39, 0.29) is 29.9 Å². The van der Waals surface area contributed by atoms with Crippen LogP contribution in [0.5, 0.6) is 0 Å². The third-order valence-corrected chi connectivity index (χ3v) is 3.80. The summed E-state index contributed by atoms with van der Waals surface area (Å²) < 4.78 is 4.90. The summed E-state index contributed by atoms with van der Waals surface area (Å²) in [5, 5.41) is 0. The van der Waals surface area contributed by atoms with Crippen LogP contribution in [0.15, 0.2) is 4.99 Å². The van der Waals surface area contributed by atoms with E-state index in [1.54, 1.807) is 0 Å². The maximum absolute atomic E-state index is 11.2. The molecule has 1 heterocycles. The molecule has 1 aliphatic rings. The largest absolute Gasteiger partial charge is 0.466 e. The Morgan fingerprint density at radius 1 is 1.09 bits per heavy atom. The Kier molecular flexibility index (Phi) is 13.7. The van der Waals surface area contributed by atoms with Gasteiger partial charge in [-0.25, -0.2) is 0 Å². The molecule has 22 heavy (non-hydrogen) atoms. The Morgan fingerprint density at radius 3 is 2.36 bits per heavy atom. The number of carbonyl (C=O) groups excluding carboxylic acids is 1. The Balaban J connectivity index is 0.00000441. The smallest absolute Gasteiger partial charge is 0.305 e. The van der Waals surface area contributed by atoms with Crippen molar-refractivity contribution in [2.45, 2.75) is 64.7 Å². The van der Waals surface area contributed by atoms with Crippen LogP contribution in [0.1, 0.15) is 64.7 Å². The molecule has 2 N–H and O–H groups in total. The highest BCUT2D eigenvalue weighted by atomic mass is 127. The van der Waals surface area contributed by atoms with Crippen molar-refractivity contribution in [3.63, 3.8) is 0 Å². The van der Waals surface area contributed by atoms with Crippen molar-refractivity contribution in [2.75, 3.05) is 26.2 Å². The quantitative estimate of drug-likeness (QED) is 0.213. The maximum Gasteiger partial charge on any atom is 0.305 e. The SMILES string of the molecule is CCOC(=O)CCCCCCN=C(N)N1CCCCCC1.I. The van der Waals surface area contributed by atoms with Crippen LogP contribution in [0.2, 0.25) is 0 Å². The Bertz CT molecular complexity index is 317. The number of unbranched alkanes of at least 4 members (excludes halogenated alkanes) is 3.